The highest BCUT2D eigenvalue weighted by molar-refractivity contribution is 5.90. The van der Waals surface area contributed by atoms with Gasteiger partial charge in [0.05, 0.1) is 5.52 Å². The SMILES string of the molecule is CCCNc1nc(-c2ccccc2)nc2ccccc12. The number of hydrogen-bond acceptors (Lipinski definition) is 3. The van der Waals surface area contributed by atoms with E-state index in [0.717, 1.165) is 41.1 Å². The Morgan fingerprint density at radius 1 is 0.900 bits per heavy atom. The number of nitrogens with zero attached hydrogens (tertiary/aromatic N) is 2. The summed E-state index contributed by atoms with van der Waals surface area (Å²) in [5.41, 5.74) is 2.01. The summed E-state index contributed by atoms with van der Waals surface area (Å²) < 4.78 is 0. The molecule has 3 aromatic rings. The van der Waals surface area contributed by atoms with Crippen molar-refractivity contribution in [1.82, 2.24) is 9.97 Å². The van der Waals surface area contributed by atoms with E-state index in [1.165, 1.54) is 0 Å². The summed E-state index contributed by atoms with van der Waals surface area (Å²) >= 11 is 0. The van der Waals surface area contributed by atoms with Crippen LogP contribution in [0.2, 0.25) is 0 Å². The molecule has 0 amide bonds. The van der Waals surface area contributed by atoms with Crippen molar-refractivity contribution in [2.24, 2.45) is 0 Å². The van der Waals surface area contributed by atoms with Gasteiger partial charge in [-0.3, -0.25) is 0 Å². The van der Waals surface area contributed by atoms with Crippen molar-refractivity contribution in [3.63, 3.8) is 0 Å². The fourth-order valence-corrected chi connectivity index (χ4v) is 2.17. The Bertz CT molecular complexity index is 708. The monoisotopic (exact) mass is 263 g/mol. The van der Waals surface area contributed by atoms with Gasteiger partial charge in [-0.05, 0) is 18.6 Å². The number of rotatable bonds is 4. The van der Waals surface area contributed by atoms with E-state index in [4.69, 9.17) is 0 Å². The molecule has 3 nitrogen and oxygen atoms in total. The lowest BCUT2D eigenvalue weighted by Gasteiger charge is -2.10. The average Bonchev–Trinajstić information content (AvgIpc) is 2.53. The Labute approximate surface area is 118 Å². The molecule has 0 aliphatic carbocycles. The van der Waals surface area contributed by atoms with Crippen LogP contribution in [0.1, 0.15) is 13.3 Å². The van der Waals surface area contributed by atoms with E-state index in [-0.39, 0.29) is 0 Å². The van der Waals surface area contributed by atoms with Crippen LogP contribution in [0.15, 0.2) is 54.6 Å². The first kappa shape index (κ1) is 12.6. The third-order valence-corrected chi connectivity index (χ3v) is 3.18. The van der Waals surface area contributed by atoms with Gasteiger partial charge in [-0.15, -0.1) is 0 Å². The van der Waals surface area contributed by atoms with E-state index in [0.29, 0.717) is 0 Å². The molecular formula is C17H17N3. The molecule has 1 aromatic heterocycles. The Morgan fingerprint density at radius 3 is 2.45 bits per heavy atom. The van der Waals surface area contributed by atoms with Gasteiger partial charge < -0.3 is 5.32 Å². The van der Waals surface area contributed by atoms with E-state index >= 15 is 0 Å². The van der Waals surface area contributed by atoms with Crippen molar-refractivity contribution in [1.29, 1.82) is 0 Å². The highest BCUT2D eigenvalue weighted by atomic mass is 15.0. The van der Waals surface area contributed by atoms with Gasteiger partial charge in [0, 0.05) is 17.5 Å². The molecule has 100 valence electrons. The second-order valence-corrected chi connectivity index (χ2v) is 4.71. The molecule has 0 spiro atoms. The van der Waals surface area contributed by atoms with Crippen LogP contribution in [0, 0.1) is 0 Å². The van der Waals surface area contributed by atoms with Crippen molar-refractivity contribution in [3.05, 3.63) is 54.6 Å². The Balaban J connectivity index is 2.14. The maximum atomic E-state index is 4.69. The molecule has 1 N–H and O–H groups in total. The molecule has 3 rings (SSSR count). The minimum atomic E-state index is 0.767. The second-order valence-electron chi connectivity index (χ2n) is 4.71. The summed E-state index contributed by atoms with van der Waals surface area (Å²) in [6.45, 7) is 3.06. The molecule has 0 unspecified atom stereocenters. The Hall–Kier alpha value is -2.42. The predicted molar refractivity (Wildman–Crippen MR) is 83.8 cm³/mol. The molecule has 0 fully saturated rings. The summed E-state index contributed by atoms with van der Waals surface area (Å²) in [6, 6.07) is 18.2. The molecule has 0 aliphatic rings. The molecule has 3 heteroatoms. The zero-order valence-electron chi connectivity index (χ0n) is 11.5. The highest BCUT2D eigenvalue weighted by Gasteiger charge is 2.08. The number of hydrogen-bond donors (Lipinski definition) is 1. The second kappa shape index (κ2) is 5.70. The molecule has 0 bridgehead atoms. The fourth-order valence-electron chi connectivity index (χ4n) is 2.17. The van der Waals surface area contributed by atoms with Crippen LogP contribution in [0.3, 0.4) is 0 Å². The van der Waals surface area contributed by atoms with Gasteiger partial charge in [-0.25, -0.2) is 9.97 Å². The van der Waals surface area contributed by atoms with E-state index in [1.54, 1.807) is 0 Å². The standard InChI is InChI=1S/C17H17N3/c1-2-12-18-17-14-10-6-7-11-15(14)19-16(20-17)13-8-4-3-5-9-13/h3-11H,2,12H2,1H3,(H,18,19,20). The molecule has 20 heavy (non-hydrogen) atoms. The molecule has 0 radical (unpaired) electrons. The topological polar surface area (TPSA) is 37.8 Å². The van der Waals surface area contributed by atoms with Gasteiger partial charge in [0.2, 0.25) is 0 Å². The zero-order valence-corrected chi connectivity index (χ0v) is 11.5. The minimum absolute atomic E-state index is 0.767. The summed E-state index contributed by atoms with van der Waals surface area (Å²) in [4.78, 5) is 9.35. The first-order chi connectivity index (χ1) is 9.88. The van der Waals surface area contributed by atoms with Crippen LogP contribution in [0.5, 0.6) is 0 Å². The highest BCUT2D eigenvalue weighted by Crippen LogP contribution is 2.24. The van der Waals surface area contributed by atoms with E-state index < -0.39 is 0 Å². The molecule has 1 heterocycles. The van der Waals surface area contributed by atoms with Gasteiger partial charge in [-0.1, -0.05) is 49.4 Å². The van der Waals surface area contributed by atoms with Crippen molar-refractivity contribution in [3.8, 4) is 11.4 Å². The molecule has 0 aliphatic heterocycles. The number of anilines is 1. The van der Waals surface area contributed by atoms with Crippen LogP contribution >= 0.6 is 0 Å². The van der Waals surface area contributed by atoms with Gasteiger partial charge in [0.1, 0.15) is 5.82 Å². The van der Waals surface area contributed by atoms with Crippen LogP contribution in [-0.4, -0.2) is 16.5 Å². The maximum absolute atomic E-state index is 4.69. The van der Waals surface area contributed by atoms with E-state index in [9.17, 15) is 0 Å². The quantitative estimate of drug-likeness (QED) is 0.769. The minimum Gasteiger partial charge on any atom is -0.369 e. The first-order valence-corrected chi connectivity index (χ1v) is 6.94. The summed E-state index contributed by atoms with van der Waals surface area (Å²) in [6.07, 6.45) is 1.07. The molecule has 2 aromatic carbocycles. The molecule has 0 atom stereocenters. The maximum Gasteiger partial charge on any atom is 0.162 e. The number of nitrogens with one attached hydrogen (secondary N) is 1. The number of aromatic nitrogens is 2. The molecular weight excluding hydrogens is 246 g/mol. The number of benzene rings is 2. The number of fused-ring (bicyclic) bond motifs is 1. The van der Waals surface area contributed by atoms with Gasteiger partial charge in [0.25, 0.3) is 0 Å². The lowest BCUT2D eigenvalue weighted by atomic mass is 10.2. The van der Waals surface area contributed by atoms with Crippen LogP contribution in [0.4, 0.5) is 5.82 Å². The van der Waals surface area contributed by atoms with Crippen molar-refractivity contribution in [2.45, 2.75) is 13.3 Å². The summed E-state index contributed by atoms with van der Waals surface area (Å²) in [7, 11) is 0. The Kier molecular flexibility index (Phi) is 3.59. The van der Waals surface area contributed by atoms with Crippen LogP contribution < -0.4 is 5.32 Å². The third kappa shape index (κ3) is 2.48. The normalized spacial score (nSPS) is 10.7. The van der Waals surface area contributed by atoms with Crippen LogP contribution in [-0.2, 0) is 0 Å². The largest absolute Gasteiger partial charge is 0.369 e. The predicted octanol–water partition coefficient (Wildman–Crippen LogP) is 4.12. The lowest BCUT2D eigenvalue weighted by Crippen LogP contribution is -2.04. The lowest BCUT2D eigenvalue weighted by molar-refractivity contribution is 0.970. The molecule has 0 saturated carbocycles. The first-order valence-electron chi connectivity index (χ1n) is 6.94. The van der Waals surface area contributed by atoms with Gasteiger partial charge in [-0.2, -0.15) is 0 Å². The van der Waals surface area contributed by atoms with Crippen molar-refractivity contribution < 1.29 is 0 Å². The summed E-state index contributed by atoms with van der Waals surface area (Å²) in [5, 5.41) is 4.47. The van der Waals surface area contributed by atoms with Crippen molar-refractivity contribution in [2.75, 3.05) is 11.9 Å². The third-order valence-electron chi connectivity index (χ3n) is 3.18. The van der Waals surface area contributed by atoms with Gasteiger partial charge >= 0.3 is 0 Å². The average molecular weight is 263 g/mol. The number of para-hydroxylation sites is 1. The smallest absolute Gasteiger partial charge is 0.162 e. The fraction of sp³-hybridized carbons (Fsp3) is 0.176. The van der Waals surface area contributed by atoms with Gasteiger partial charge in [0.15, 0.2) is 5.82 Å². The van der Waals surface area contributed by atoms with Crippen LogP contribution in [0.25, 0.3) is 22.3 Å². The summed E-state index contributed by atoms with van der Waals surface area (Å²) in [5.74, 6) is 1.68. The Morgan fingerprint density at radius 2 is 1.65 bits per heavy atom. The zero-order chi connectivity index (χ0) is 13.8. The van der Waals surface area contributed by atoms with Crippen molar-refractivity contribution >= 4 is 16.7 Å². The molecule has 0 saturated heterocycles. The van der Waals surface area contributed by atoms with E-state index in [1.807, 2.05) is 48.5 Å². The van der Waals surface area contributed by atoms with E-state index in [2.05, 4.69) is 28.3 Å².